The van der Waals surface area contributed by atoms with E-state index in [1.807, 2.05) is 4.90 Å². The number of hydrogen-bond acceptors (Lipinski definition) is 5. The van der Waals surface area contributed by atoms with Gasteiger partial charge in [0.2, 0.25) is 0 Å². The van der Waals surface area contributed by atoms with Crippen molar-refractivity contribution in [3.63, 3.8) is 0 Å². The minimum atomic E-state index is -0.0477. The third-order valence-corrected chi connectivity index (χ3v) is 3.29. The Morgan fingerprint density at radius 3 is 2.35 bits per heavy atom. The van der Waals surface area contributed by atoms with Crippen molar-refractivity contribution < 1.29 is 15.1 Å². The molecule has 1 aliphatic rings. The van der Waals surface area contributed by atoms with E-state index in [0.29, 0.717) is 38.3 Å². The molecule has 1 fully saturated rings. The fraction of sp³-hybridized carbons (Fsp3) is 0.385. The third kappa shape index (κ3) is 3.39. The standard InChI is InChI=1S/C13H18N4O3/c14-12(15-20)9-16-5-7-17(8-6-16)13(19)10-1-3-11(18)4-2-10/h1-4,18,20H,5-9H2,(H2,14,15). The van der Waals surface area contributed by atoms with Gasteiger partial charge in [-0.1, -0.05) is 5.16 Å². The van der Waals surface area contributed by atoms with Crippen LogP contribution in [0.15, 0.2) is 29.4 Å². The lowest BCUT2D eigenvalue weighted by Gasteiger charge is -2.34. The molecular formula is C13H18N4O3. The van der Waals surface area contributed by atoms with Gasteiger partial charge in [-0.15, -0.1) is 0 Å². The summed E-state index contributed by atoms with van der Waals surface area (Å²) < 4.78 is 0. The van der Waals surface area contributed by atoms with Crippen molar-refractivity contribution >= 4 is 11.7 Å². The summed E-state index contributed by atoms with van der Waals surface area (Å²) >= 11 is 0. The minimum Gasteiger partial charge on any atom is -0.508 e. The summed E-state index contributed by atoms with van der Waals surface area (Å²) in [5.74, 6) is 0.266. The Kier molecular flexibility index (Phi) is 4.41. The highest BCUT2D eigenvalue weighted by Gasteiger charge is 2.22. The zero-order valence-electron chi connectivity index (χ0n) is 11.1. The number of carbonyl (C=O) groups is 1. The molecule has 1 aromatic carbocycles. The average molecular weight is 278 g/mol. The number of carbonyl (C=O) groups excluding carboxylic acids is 1. The molecule has 0 radical (unpaired) electrons. The van der Waals surface area contributed by atoms with Gasteiger partial charge in [0.1, 0.15) is 5.75 Å². The number of phenols is 1. The van der Waals surface area contributed by atoms with Crippen molar-refractivity contribution in [1.82, 2.24) is 9.80 Å². The van der Waals surface area contributed by atoms with Gasteiger partial charge in [-0.05, 0) is 24.3 Å². The van der Waals surface area contributed by atoms with Crippen LogP contribution >= 0.6 is 0 Å². The topological polar surface area (TPSA) is 102 Å². The number of oxime groups is 1. The molecule has 7 nitrogen and oxygen atoms in total. The minimum absolute atomic E-state index is 0.0477. The monoisotopic (exact) mass is 278 g/mol. The maximum atomic E-state index is 12.2. The zero-order valence-corrected chi connectivity index (χ0v) is 11.1. The molecule has 0 aliphatic carbocycles. The van der Waals surface area contributed by atoms with E-state index in [-0.39, 0.29) is 17.5 Å². The normalized spacial score (nSPS) is 17.2. The van der Waals surface area contributed by atoms with Gasteiger partial charge in [-0.3, -0.25) is 9.69 Å². The van der Waals surface area contributed by atoms with Gasteiger partial charge in [0.15, 0.2) is 5.84 Å². The quantitative estimate of drug-likeness (QED) is 0.310. The summed E-state index contributed by atoms with van der Waals surface area (Å²) in [4.78, 5) is 16.0. The summed E-state index contributed by atoms with van der Waals surface area (Å²) in [6, 6.07) is 6.23. The second-order valence-electron chi connectivity index (χ2n) is 4.71. The van der Waals surface area contributed by atoms with Gasteiger partial charge in [-0.2, -0.15) is 0 Å². The predicted molar refractivity (Wildman–Crippen MR) is 73.9 cm³/mol. The van der Waals surface area contributed by atoms with Crippen LogP contribution in [0.4, 0.5) is 0 Å². The van der Waals surface area contributed by atoms with Crippen molar-refractivity contribution in [2.75, 3.05) is 32.7 Å². The first-order valence-corrected chi connectivity index (χ1v) is 6.37. The van der Waals surface area contributed by atoms with Crippen LogP contribution in [-0.4, -0.2) is 64.6 Å². The predicted octanol–water partition coefficient (Wildman–Crippen LogP) is -0.104. The summed E-state index contributed by atoms with van der Waals surface area (Å²) in [6.45, 7) is 2.95. The second-order valence-corrected chi connectivity index (χ2v) is 4.71. The fourth-order valence-corrected chi connectivity index (χ4v) is 2.16. The van der Waals surface area contributed by atoms with E-state index in [0.717, 1.165) is 0 Å². The first-order valence-electron chi connectivity index (χ1n) is 6.37. The zero-order chi connectivity index (χ0) is 14.5. The molecule has 0 aromatic heterocycles. The number of nitrogens with zero attached hydrogens (tertiary/aromatic N) is 3. The van der Waals surface area contributed by atoms with Gasteiger partial charge in [0.25, 0.3) is 5.91 Å². The molecule has 20 heavy (non-hydrogen) atoms. The van der Waals surface area contributed by atoms with E-state index in [2.05, 4.69) is 5.16 Å². The molecule has 0 unspecified atom stereocenters. The van der Waals surface area contributed by atoms with Crippen LogP contribution in [0.2, 0.25) is 0 Å². The number of amidine groups is 1. The molecule has 0 saturated carbocycles. The molecule has 108 valence electrons. The van der Waals surface area contributed by atoms with Crippen molar-refractivity contribution in [1.29, 1.82) is 0 Å². The number of hydrogen-bond donors (Lipinski definition) is 3. The Hall–Kier alpha value is -2.28. The van der Waals surface area contributed by atoms with Gasteiger partial charge < -0.3 is 20.9 Å². The summed E-state index contributed by atoms with van der Waals surface area (Å²) in [7, 11) is 0. The van der Waals surface area contributed by atoms with Crippen LogP contribution in [0.5, 0.6) is 5.75 Å². The molecule has 2 rings (SSSR count). The Balaban J connectivity index is 1.90. The van der Waals surface area contributed by atoms with Crippen LogP contribution in [0.25, 0.3) is 0 Å². The third-order valence-electron chi connectivity index (χ3n) is 3.29. The summed E-state index contributed by atoms with van der Waals surface area (Å²) in [5.41, 5.74) is 6.02. The van der Waals surface area contributed by atoms with Gasteiger partial charge in [0.05, 0.1) is 6.54 Å². The molecule has 4 N–H and O–H groups in total. The largest absolute Gasteiger partial charge is 0.508 e. The molecule has 1 amide bonds. The fourth-order valence-electron chi connectivity index (χ4n) is 2.16. The van der Waals surface area contributed by atoms with Gasteiger partial charge >= 0.3 is 0 Å². The lowest BCUT2D eigenvalue weighted by atomic mass is 10.1. The molecule has 0 spiro atoms. The molecule has 1 aliphatic heterocycles. The first kappa shape index (κ1) is 14.1. The van der Waals surface area contributed by atoms with E-state index in [1.165, 1.54) is 12.1 Å². The van der Waals surface area contributed by atoms with Crippen LogP contribution in [0.3, 0.4) is 0 Å². The molecule has 7 heteroatoms. The first-order chi connectivity index (χ1) is 9.60. The molecule has 0 atom stereocenters. The molecule has 0 bridgehead atoms. The van der Waals surface area contributed by atoms with Crippen LogP contribution < -0.4 is 5.73 Å². The smallest absolute Gasteiger partial charge is 0.253 e. The maximum Gasteiger partial charge on any atom is 0.253 e. The summed E-state index contributed by atoms with van der Waals surface area (Å²) in [5, 5.41) is 20.7. The van der Waals surface area contributed by atoms with Crippen LogP contribution in [0, 0.1) is 0 Å². The van der Waals surface area contributed by atoms with Gasteiger partial charge in [0, 0.05) is 31.7 Å². The Labute approximate surface area is 116 Å². The SMILES string of the molecule is NC(CN1CCN(C(=O)c2ccc(O)cc2)CC1)=NO. The van der Waals surface area contributed by atoms with E-state index in [1.54, 1.807) is 17.0 Å². The van der Waals surface area contributed by atoms with E-state index in [4.69, 9.17) is 10.9 Å². The van der Waals surface area contributed by atoms with Crippen LogP contribution in [0.1, 0.15) is 10.4 Å². The molecular weight excluding hydrogens is 260 g/mol. The van der Waals surface area contributed by atoms with E-state index >= 15 is 0 Å². The van der Waals surface area contributed by atoms with Crippen molar-refractivity contribution in [3.05, 3.63) is 29.8 Å². The summed E-state index contributed by atoms with van der Waals surface area (Å²) in [6.07, 6.45) is 0. The van der Waals surface area contributed by atoms with Crippen molar-refractivity contribution in [2.24, 2.45) is 10.9 Å². The lowest BCUT2D eigenvalue weighted by Crippen LogP contribution is -2.50. The van der Waals surface area contributed by atoms with Gasteiger partial charge in [-0.25, -0.2) is 0 Å². The number of amides is 1. The maximum absolute atomic E-state index is 12.2. The van der Waals surface area contributed by atoms with Crippen molar-refractivity contribution in [2.45, 2.75) is 0 Å². The lowest BCUT2D eigenvalue weighted by molar-refractivity contribution is 0.0653. The van der Waals surface area contributed by atoms with E-state index < -0.39 is 0 Å². The molecule has 1 aromatic rings. The highest BCUT2D eigenvalue weighted by molar-refractivity contribution is 5.94. The molecule has 1 heterocycles. The Morgan fingerprint density at radius 2 is 1.80 bits per heavy atom. The van der Waals surface area contributed by atoms with E-state index in [9.17, 15) is 9.90 Å². The Morgan fingerprint density at radius 1 is 1.20 bits per heavy atom. The number of aromatic hydroxyl groups is 1. The number of phenolic OH excluding ortho intramolecular Hbond substituents is 1. The number of benzene rings is 1. The average Bonchev–Trinajstić information content (AvgIpc) is 2.48. The molecule has 1 saturated heterocycles. The highest BCUT2D eigenvalue weighted by atomic mass is 16.4. The second kappa shape index (κ2) is 6.25. The number of rotatable bonds is 3. The number of piperazine rings is 1. The highest BCUT2D eigenvalue weighted by Crippen LogP contribution is 2.13. The number of nitrogens with two attached hydrogens (primary N) is 1. The van der Waals surface area contributed by atoms with Crippen LogP contribution in [-0.2, 0) is 0 Å². The van der Waals surface area contributed by atoms with Crippen molar-refractivity contribution in [3.8, 4) is 5.75 Å². The Bertz CT molecular complexity index is 493.